The number of aromatic hydroxyl groups is 1. The van der Waals surface area contributed by atoms with Crippen LogP contribution in [0.4, 0.5) is 0 Å². The van der Waals surface area contributed by atoms with Gasteiger partial charge in [0.2, 0.25) is 10.0 Å². The average molecular weight is 443 g/mol. The number of piperazine rings is 1. The van der Waals surface area contributed by atoms with Crippen LogP contribution in [0, 0.1) is 0 Å². The van der Waals surface area contributed by atoms with Crippen molar-refractivity contribution in [3.63, 3.8) is 0 Å². The van der Waals surface area contributed by atoms with Crippen molar-refractivity contribution in [2.45, 2.75) is 11.3 Å². The largest absolute Gasteiger partial charge is 0.507 e. The first-order chi connectivity index (χ1) is 14.9. The van der Waals surface area contributed by atoms with Gasteiger partial charge < -0.3 is 5.11 Å². The lowest BCUT2D eigenvalue weighted by Gasteiger charge is -2.33. The van der Waals surface area contributed by atoms with Crippen molar-refractivity contribution in [2.24, 2.45) is 5.10 Å². The molecule has 3 rings (SSSR count). The molecule has 164 valence electrons. The molecule has 0 aromatic heterocycles. The van der Waals surface area contributed by atoms with E-state index in [1.807, 2.05) is 4.90 Å². The Labute approximate surface area is 182 Å². The third kappa shape index (κ3) is 5.78. The highest BCUT2D eigenvalue weighted by Gasteiger charge is 2.28. The number of hydrogen-bond acceptors (Lipinski definition) is 6. The number of hydrazone groups is 1. The van der Waals surface area contributed by atoms with E-state index >= 15 is 0 Å². The molecule has 1 saturated heterocycles. The first kappa shape index (κ1) is 22.7. The second kappa shape index (κ2) is 10.3. The zero-order valence-electron chi connectivity index (χ0n) is 17.1. The van der Waals surface area contributed by atoms with Crippen LogP contribution in [0.3, 0.4) is 0 Å². The van der Waals surface area contributed by atoms with Crippen LogP contribution in [0.5, 0.6) is 5.75 Å². The summed E-state index contributed by atoms with van der Waals surface area (Å²) < 4.78 is 26.8. The van der Waals surface area contributed by atoms with Crippen molar-refractivity contribution >= 4 is 22.1 Å². The van der Waals surface area contributed by atoms with E-state index in [4.69, 9.17) is 0 Å². The van der Waals surface area contributed by atoms with Crippen molar-refractivity contribution in [3.05, 3.63) is 72.3 Å². The van der Waals surface area contributed by atoms with Gasteiger partial charge in [0.05, 0.1) is 17.7 Å². The lowest BCUT2D eigenvalue weighted by molar-refractivity contribution is -0.122. The van der Waals surface area contributed by atoms with Crippen molar-refractivity contribution in [1.29, 1.82) is 0 Å². The number of allylic oxidation sites excluding steroid dienone is 1. The van der Waals surface area contributed by atoms with Gasteiger partial charge in [-0.05, 0) is 30.2 Å². The number of hydrogen-bond donors (Lipinski definition) is 2. The number of nitrogens with zero attached hydrogens (tertiary/aromatic N) is 3. The molecule has 1 aliphatic rings. The molecule has 31 heavy (non-hydrogen) atoms. The molecule has 0 atom stereocenters. The second-order valence-electron chi connectivity index (χ2n) is 7.13. The summed E-state index contributed by atoms with van der Waals surface area (Å²) >= 11 is 0. The van der Waals surface area contributed by atoms with Crippen LogP contribution < -0.4 is 5.43 Å². The van der Waals surface area contributed by atoms with Crippen LogP contribution in [0.2, 0.25) is 0 Å². The van der Waals surface area contributed by atoms with Crippen LogP contribution in [0.15, 0.2) is 71.2 Å². The number of amides is 1. The van der Waals surface area contributed by atoms with Gasteiger partial charge in [-0.15, -0.1) is 6.58 Å². The van der Waals surface area contributed by atoms with Crippen molar-refractivity contribution in [2.75, 3.05) is 32.7 Å². The fraction of sp³-hybridized carbons (Fsp3) is 0.273. The molecule has 1 aliphatic heterocycles. The summed E-state index contributed by atoms with van der Waals surface area (Å²) in [5.41, 5.74) is 3.68. The van der Waals surface area contributed by atoms with Crippen LogP contribution in [-0.2, 0) is 21.2 Å². The zero-order valence-corrected chi connectivity index (χ0v) is 18.0. The van der Waals surface area contributed by atoms with Crippen LogP contribution >= 0.6 is 0 Å². The number of phenols is 1. The van der Waals surface area contributed by atoms with Gasteiger partial charge in [0.15, 0.2) is 0 Å². The Hall–Kier alpha value is -3.01. The Balaban J connectivity index is 1.49. The van der Waals surface area contributed by atoms with E-state index in [2.05, 4.69) is 17.1 Å². The van der Waals surface area contributed by atoms with Gasteiger partial charge in [-0.3, -0.25) is 9.69 Å². The Bertz CT molecular complexity index is 1050. The summed E-state index contributed by atoms with van der Waals surface area (Å²) in [6.45, 7) is 5.31. The molecule has 0 unspecified atom stereocenters. The van der Waals surface area contributed by atoms with E-state index in [1.54, 1.807) is 54.6 Å². The minimum absolute atomic E-state index is 0.108. The highest BCUT2D eigenvalue weighted by atomic mass is 32.2. The number of para-hydroxylation sites is 1. The molecular formula is C22H26N4O4S. The minimum atomic E-state index is -3.52. The van der Waals surface area contributed by atoms with E-state index < -0.39 is 10.0 Å². The number of rotatable bonds is 8. The van der Waals surface area contributed by atoms with Gasteiger partial charge >= 0.3 is 0 Å². The molecular weight excluding hydrogens is 416 g/mol. The lowest BCUT2D eigenvalue weighted by atomic mass is 10.1. The second-order valence-corrected chi connectivity index (χ2v) is 9.07. The van der Waals surface area contributed by atoms with Crippen LogP contribution in [-0.4, -0.2) is 67.6 Å². The minimum Gasteiger partial charge on any atom is -0.507 e. The zero-order chi connectivity index (χ0) is 22.3. The summed E-state index contributed by atoms with van der Waals surface area (Å²) in [4.78, 5) is 14.3. The predicted molar refractivity (Wildman–Crippen MR) is 119 cm³/mol. The Morgan fingerprint density at radius 3 is 2.48 bits per heavy atom. The summed E-state index contributed by atoms with van der Waals surface area (Å²) in [6, 6.07) is 13.6. The maximum atomic E-state index is 12.7. The average Bonchev–Trinajstić information content (AvgIpc) is 2.77. The summed E-state index contributed by atoms with van der Waals surface area (Å²) in [7, 11) is -3.52. The van der Waals surface area contributed by atoms with Gasteiger partial charge in [-0.2, -0.15) is 9.41 Å². The normalized spacial score (nSPS) is 15.7. The molecule has 2 aromatic carbocycles. The lowest BCUT2D eigenvalue weighted by Crippen LogP contribution is -2.50. The van der Waals surface area contributed by atoms with Crippen molar-refractivity contribution < 1.29 is 18.3 Å². The third-order valence-electron chi connectivity index (χ3n) is 4.99. The SMILES string of the molecule is C=CCc1cccc(/C=N/NC(=O)CN2CCN(S(=O)(=O)c3ccccc3)CC2)c1O. The highest BCUT2D eigenvalue weighted by Crippen LogP contribution is 2.21. The van der Waals surface area contributed by atoms with Crippen molar-refractivity contribution in [3.8, 4) is 5.75 Å². The maximum absolute atomic E-state index is 12.7. The summed E-state index contributed by atoms with van der Waals surface area (Å²) in [5.74, 6) is -0.200. The Morgan fingerprint density at radius 2 is 1.81 bits per heavy atom. The topological polar surface area (TPSA) is 102 Å². The first-order valence-corrected chi connectivity index (χ1v) is 11.4. The van der Waals surface area contributed by atoms with E-state index in [1.165, 1.54) is 10.5 Å². The molecule has 9 heteroatoms. The molecule has 8 nitrogen and oxygen atoms in total. The molecule has 0 saturated carbocycles. The summed E-state index contributed by atoms with van der Waals surface area (Å²) in [6.07, 6.45) is 3.62. The predicted octanol–water partition coefficient (Wildman–Crippen LogP) is 1.58. The van der Waals surface area contributed by atoms with Gasteiger partial charge in [-0.25, -0.2) is 13.8 Å². The molecule has 0 radical (unpaired) electrons. The molecule has 1 fully saturated rings. The Kier molecular flexibility index (Phi) is 7.56. The van der Waals surface area contributed by atoms with Gasteiger partial charge in [-0.1, -0.05) is 36.4 Å². The molecule has 2 aromatic rings. The van der Waals surface area contributed by atoms with Crippen LogP contribution in [0.25, 0.3) is 0 Å². The van der Waals surface area contributed by atoms with Gasteiger partial charge in [0, 0.05) is 31.7 Å². The molecule has 2 N–H and O–H groups in total. The van der Waals surface area contributed by atoms with Crippen molar-refractivity contribution in [1.82, 2.24) is 14.6 Å². The van der Waals surface area contributed by atoms with E-state index in [0.717, 1.165) is 5.56 Å². The van der Waals surface area contributed by atoms with Crippen LogP contribution in [0.1, 0.15) is 11.1 Å². The smallest absolute Gasteiger partial charge is 0.254 e. The quantitative estimate of drug-likeness (QED) is 0.367. The fourth-order valence-electron chi connectivity index (χ4n) is 3.32. The first-order valence-electron chi connectivity index (χ1n) is 9.93. The number of phenolic OH excluding ortho intramolecular Hbond substituents is 1. The highest BCUT2D eigenvalue weighted by molar-refractivity contribution is 7.89. The number of carbonyl (C=O) groups excluding carboxylic acids is 1. The Morgan fingerprint density at radius 1 is 1.10 bits per heavy atom. The van der Waals surface area contributed by atoms with Gasteiger partial charge in [0.1, 0.15) is 5.75 Å². The monoisotopic (exact) mass is 442 g/mol. The van der Waals surface area contributed by atoms with Gasteiger partial charge in [0.25, 0.3) is 5.91 Å². The molecule has 0 spiro atoms. The molecule has 0 aliphatic carbocycles. The number of sulfonamides is 1. The standard InChI is InChI=1S/C22H26N4O4S/c1-2-7-18-8-6-9-19(22(18)28)16-23-24-21(27)17-25-12-14-26(15-13-25)31(29,30)20-10-4-3-5-11-20/h2-6,8-11,16,28H,1,7,12-15,17H2,(H,24,27)/b23-16+. The molecule has 1 amide bonds. The van der Waals surface area contributed by atoms with E-state index in [9.17, 15) is 18.3 Å². The molecule has 0 bridgehead atoms. The molecule has 1 heterocycles. The number of benzene rings is 2. The number of carbonyl (C=O) groups is 1. The van der Waals surface area contributed by atoms with E-state index in [0.29, 0.717) is 38.2 Å². The number of nitrogens with one attached hydrogen (secondary N) is 1. The maximum Gasteiger partial charge on any atom is 0.254 e. The summed E-state index contributed by atoms with van der Waals surface area (Å²) in [5, 5.41) is 14.1. The fourth-order valence-corrected chi connectivity index (χ4v) is 4.76. The third-order valence-corrected chi connectivity index (χ3v) is 6.90. The van der Waals surface area contributed by atoms with E-state index in [-0.39, 0.29) is 23.1 Å².